The van der Waals surface area contributed by atoms with Crippen molar-refractivity contribution in [3.63, 3.8) is 0 Å². The van der Waals surface area contributed by atoms with E-state index in [0.717, 1.165) is 17.8 Å². The van der Waals surface area contributed by atoms with Crippen LogP contribution in [0.25, 0.3) is 11.6 Å². The molecule has 0 saturated heterocycles. The Morgan fingerprint density at radius 3 is 2.76 bits per heavy atom. The molecule has 4 rings (SSSR count). The van der Waals surface area contributed by atoms with E-state index in [1.807, 2.05) is 11.6 Å². The Balaban J connectivity index is 1.67. The van der Waals surface area contributed by atoms with E-state index in [-0.39, 0.29) is 5.76 Å². The molecule has 0 aliphatic carbocycles. The third-order valence-electron chi connectivity index (χ3n) is 4.77. The Morgan fingerprint density at radius 1 is 1.34 bits per heavy atom. The highest BCUT2D eigenvalue weighted by molar-refractivity contribution is 5.92. The zero-order chi connectivity index (χ0) is 20.7. The van der Waals surface area contributed by atoms with Gasteiger partial charge in [-0.2, -0.15) is 5.10 Å². The fraction of sp³-hybridized carbons (Fsp3) is 0.421. The van der Waals surface area contributed by atoms with Crippen molar-refractivity contribution in [2.75, 3.05) is 6.54 Å². The van der Waals surface area contributed by atoms with Crippen molar-refractivity contribution in [1.82, 2.24) is 19.7 Å². The number of amides is 1. The molecule has 0 radical (unpaired) electrons. The molecule has 0 spiro atoms. The summed E-state index contributed by atoms with van der Waals surface area (Å²) in [6.45, 7) is 7.57. The van der Waals surface area contributed by atoms with Gasteiger partial charge in [0.15, 0.2) is 11.5 Å². The Labute approximate surface area is 166 Å². The number of hydrogen-bond acceptors (Lipinski definition) is 7. The highest BCUT2D eigenvalue weighted by atomic mass is 16.6. The van der Waals surface area contributed by atoms with Crippen LogP contribution in [-0.2, 0) is 19.5 Å². The third-order valence-corrected chi connectivity index (χ3v) is 4.77. The summed E-state index contributed by atoms with van der Waals surface area (Å²) in [5.74, 6) is 0.606. The number of fused-ring (bicyclic) bond motifs is 1. The van der Waals surface area contributed by atoms with Gasteiger partial charge in [-0.15, -0.1) is 0 Å². The van der Waals surface area contributed by atoms with E-state index in [9.17, 15) is 14.9 Å². The molecule has 0 unspecified atom stereocenters. The van der Waals surface area contributed by atoms with Crippen molar-refractivity contribution >= 4 is 11.8 Å². The number of furan rings is 1. The number of carbonyl (C=O) groups excluding carboxylic acids is 1. The highest BCUT2D eigenvalue weighted by Gasteiger charge is 2.31. The van der Waals surface area contributed by atoms with Crippen LogP contribution in [-0.4, -0.2) is 37.0 Å². The first kappa shape index (κ1) is 18.9. The fourth-order valence-electron chi connectivity index (χ4n) is 3.49. The molecule has 3 aromatic rings. The maximum absolute atomic E-state index is 12.8. The maximum Gasteiger partial charge on any atom is 0.433 e. The molecule has 4 heterocycles. The normalized spacial score (nSPS) is 13.7. The molecular formula is C19H21N5O5. The smallest absolute Gasteiger partial charge is 0.433 e. The lowest BCUT2D eigenvalue weighted by molar-refractivity contribution is -0.402. The van der Waals surface area contributed by atoms with Crippen molar-refractivity contribution in [2.45, 2.75) is 40.3 Å². The van der Waals surface area contributed by atoms with Gasteiger partial charge in [0.1, 0.15) is 10.7 Å². The molecule has 10 heteroatoms. The maximum atomic E-state index is 12.8. The van der Waals surface area contributed by atoms with Crippen LogP contribution in [0, 0.1) is 23.0 Å². The molecule has 0 atom stereocenters. The molecule has 10 nitrogen and oxygen atoms in total. The molecule has 0 N–H and O–H groups in total. The van der Waals surface area contributed by atoms with E-state index in [1.165, 1.54) is 12.1 Å². The fourth-order valence-corrected chi connectivity index (χ4v) is 3.49. The van der Waals surface area contributed by atoms with E-state index in [1.54, 1.807) is 11.1 Å². The first-order valence-electron chi connectivity index (χ1n) is 9.38. The number of carbonyl (C=O) groups is 1. The van der Waals surface area contributed by atoms with Crippen LogP contribution in [0.1, 0.15) is 41.4 Å². The van der Waals surface area contributed by atoms with Crippen LogP contribution in [0.4, 0.5) is 5.88 Å². The van der Waals surface area contributed by atoms with Gasteiger partial charge in [0, 0.05) is 30.8 Å². The summed E-state index contributed by atoms with van der Waals surface area (Å²) in [5.41, 5.74) is 2.56. The van der Waals surface area contributed by atoms with Gasteiger partial charge in [0.25, 0.3) is 5.91 Å². The van der Waals surface area contributed by atoms with Gasteiger partial charge >= 0.3 is 5.88 Å². The largest absolute Gasteiger partial charge is 0.440 e. The number of oxazole rings is 1. The Bertz CT molecular complexity index is 1080. The van der Waals surface area contributed by atoms with Crippen LogP contribution >= 0.6 is 0 Å². The molecule has 0 saturated carbocycles. The monoisotopic (exact) mass is 399 g/mol. The van der Waals surface area contributed by atoms with Crippen molar-refractivity contribution in [1.29, 1.82) is 0 Å². The number of hydrogen-bond donors (Lipinski definition) is 0. The average Bonchev–Trinajstić information content (AvgIpc) is 3.39. The van der Waals surface area contributed by atoms with Crippen molar-refractivity contribution in [2.24, 2.45) is 5.92 Å². The Kier molecular flexibility index (Phi) is 4.69. The first-order chi connectivity index (χ1) is 13.8. The van der Waals surface area contributed by atoms with E-state index in [4.69, 9.17) is 13.9 Å². The lowest BCUT2D eigenvalue weighted by Gasteiger charge is -2.27. The summed E-state index contributed by atoms with van der Waals surface area (Å²) in [4.78, 5) is 28.9. The molecule has 1 amide bonds. The van der Waals surface area contributed by atoms with Gasteiger partial charge in [-0.1, -0.05) is 13.8 Å². The molecule has 1 aliphatic rings. The molecule has 152 valence electrons. The average molecular weight is 399 g/mol. The second-order valence-corrected chi connectivity index (χ2v) is 7.50. The standard InChI is InChI=1S/C19H21N5O5/c1-11(2)9-23-14-6-7-22(19(25)15-4-5-16(29-15)24(26)27)10-13(14)17(21-23)18-20-8-12(3)28-18/h4-5,8,11H,6-7,9-10H2,1-3H3. The minimum absolute atomic E-state index is 0.0526. The lowest BCUT2D eigenvalue weighted by atomic mass is 10.0. The minimum Gasteiger partial charge on any atom is -0.440 e. The topological polar surface area (TPSA) is 120 Å². The van der Waals surface area contributed by atoms with Crippen molar-refractivity contribution in [3.05, 3.63) is 51.2 Å². The molecule has 0 fully saturated rings. The first-order valence-corrected chi connectivity index (χ1v) is 9.38. The van der Waals surface area contributed by atoms with E-state index >= 15 is 0 Å². The summed E-state index contributed by atoms with van der Waals surface area (Å²) in [6.07, 6.45) is 2.25. The second kappa shape index (κ2) is 7.19. The zero-order valence-corrected chi connectivity index (χ0v) is 16.4. The Hall–Kier alpha value is -3.43. The minimum atomic E-state index is -0.663. The van der Waals surface area contributed by atoms with E-state index in [0.29, 0.717) is 42.8 Å². The molecule has 1 aliphatic heterocycles. The van der Waals surface area contributed by atoms with Crippen LogP contribution in [0.15, 0.2) is 27.2 Å². The van der Waals surface area contributed by atoms with Gasteiger partial charge < -0.3 is 13.7 Å². The number of nitrogens with zero attached hydrogens (tertiary/aromatic N) is 5. The predicted octanol–water partition coefficient (Wildman–Crippen LogP) is 3.20. The summed E-state index contributed by atoms with van der Waals surface area (Å²) in [5, 5.41) is 15.5. The quantitative estimate of drug-likeness (QED) is 0.477. The van der Waals surface area contributed by atoms with Gasteiger partial charge in [-0.3, -0.25) is 19.6 Å². The van der Waals surface area contributed by atoms with E-state index < -0.39 is 16.7 Å². The summed E-state index contributed by atoms with van der Waals surface area (Å²) >= 11 is 0. The van der Waals surface area contributed by atoms with Crippen LogP contribution in [0.5, 0.6) is 0 Å². The van der Waals surface area contributed by atoms with E-state index in [2.05, 4.69) is 18.8 Å². The van der Waals surface area contributed by atoms with Crippen molar-refractivity contribution < 1.29 is 18.6 Å². The second-order valence-electron chi connectivity index (χ2n) is 7.50. The molecule has 3 aromatic heterocycles. The molecule has 0 aromatic carbocycles. The number of aromatic nitrogens is 3. The van der Waals surface area contributed by atoms with Gasteiger partial charge in [-0.05, 0) is 18.9 Å². The van der Waals surface area contributed by atoms with Crippen LogP contribution < -0.4 is 0 Å². The SMILES string of the molecule is Cc1cnc(-c2nn(CC(C)C)c3c2CN(C(=O)c2ccc([N+](=O)[O-])o2)CC3)o1. The summed E-state index contributed by atoms with van der Waals surface area (Å²) in [7, 11) is 0. The molecular weight excluding hydrogens is 378 g/mol. The highest BCUT2D eigenvalue weighted by Crippen LogP contribution is 2.31. The van der Waals surface area contributed by atoms with Crippen LogP contribution in [0.3, 0.4) is 0 Å². The lowest BCUT2D eigenvalue weighted by Crippen LogP contribution is -2.36. The van der Waals surface area contributed by atoms with Gasteiger partial charge in [0.05, 0.1) is 18.8 Å². The number of rotatable bonds is 5. The molecule has 29 heavy (non-hydrogen) atoms. The molecule has 0 bridgehead atoms. The van der Waals surface area contributed by atoms with Crippen LogP contribution in [0.2, 0.25) is 0 Å². The van der Waals surface area contributed by atoms with Crippen molar-refractivity contribution in [3.8, 4) is 11.6 Å². The predicted molar refractivity (Wildman–Crippen MR) is 101 cm³/mol. The van der Waals surface area contributed by atoms with Gasteiger partial charge in [-0.25, -0.2) is 4.98 Å². The van der Waals surface area contributed by atoms with Gasteiger partial charge in [0.2, 0.25) is 5.89 Å². The number of aryl methyl sites for hydroxylation is 1. The zero-order valence-electron chi connectivity index (χ0n) is 16.4. The summed E-state index contributed by atoms with van der Waals surface area (Å²) in [6, 6.07) is 2.51. The summed E-state index contributed by atoms with van der Waals surface area (Å²) < 4.78 is 12.7. The Morgan fingerprint density at radius 2 is 2.14 bits per heavy atom. The number of nitro groups is 1. The third kappa shape index (κ3) is 3.53.